The third-order valence-electron chi connectivity index (χ3n) is 5.76. The summed E-state index contributed by atoms with van der Waals surface area (Å²) >= 11 is 0. The Labute approximate surface area is 198 Å². The largest absolute Gasteiger partial charge is 0.496 e. The van der Waals surface area contributed by atoms with Crippen molar-refractivity contribution in [2.75, 3.05) is 19.0 Å². The summed E-state index contributed by atoms with van der Waals surface area (Å²) in [5.41, 5.74) is 5.38. The number of fused-ring (bicyclic) bond motifs is 3. The maximum atomic E-state index is 8.57. The first-order valence-electron chi connectivity index (χ1n) is 11.4. The van der Waals surface area contributed by atoms with E-state index >= 15 is 0 Å². The van der Waals surface area contributed by atoms with Crippen LogP contribution in [0.1, 0.15) is 38.0 Å². The minimum atomic E-state index is 0.0523. The number of aryl methyl sites for hydroxylation is 3. The third-order valence-corrected chi connectivity index (χ3v) is 5.76. The van der Waals surface area contributed by atoms with Crippen molar-refractivity contribution in [3.63, 3.8) is 0 Å². The summed E-state index contributed by atoms with van der Waals surface area (Å²) in [5, 5.41) is 21.0. The zero-order chi connectivity index (χ0) is 24.6. The van der Waals surface area contributed by atoms with Gasteiger partial charge in [-0.15, -0.1) is 0 Å². The van der Waals surface area contributed by atoms with E-state index in [1.807, 2.05) is 59.9 Å². The summed E-state index contributed by atoms with van der Waals surface area (Å²) in [7, 11) is 1.65. The first-order chi connectivity index (χ1) is 16.2. The molecular weight excluding hydrogens is 430 g/mol. The lowest BCUT2D eigenvalue weighted by Crippen LogP contribution is -2.20. The molecule has 0 amide bonds. The van der Waals surface area contributed by atoms with Gasteiger partial charge in [0.2, 0.25) is 0 Å². The zero-order valence-corrected chi connectivity index (χ0v) is 20.7. The van der Waals surface area contributed by atoms with Gasteiger partial charge in [-0.2, -0.15) is 0 Å². The standard InChI is InChI=1S/C25H31N7O2/c1-8-27-11-19(23(26)12(2)3)31-25-22-16-10-20(33-7)17(21-13(4)32-34-14(21)5)9-18(16)30-24(22)28-15(6)29-25/h9-12,26-27H,8H2,1-7H3,(H2,28,29,30,31)/b19-11+,26-23?. The molecule has 4 N–H and O–H groups in total. The van der Waals surface area contributed by atoms with Crippen LogP contribution in [0.5, 0.6) is 5.75 Å². The maximum Gasteiger partial charge on any atom is 0.144 e. The first kappa shape index (κ1) is 23.3. The monoisotopic (exact) mass is 461 g/mol. The Hall–Kier alpha value is -3.88. The van der Waals surface area contributed by atoms with Gasteiger partial charge in [0.1, 0.15) is 28.8 Å². The van der Waals surface area contributed by atoms with Gasteiger partial charge in [-0.1, -0.05) is 19.0 Å². The number of nitrogens with zero attached hydrogens (tertiary/aromatic N) is 3. The Morgan fingerprint density at radius 2 is 2.00 bits per heavy atom. The fourth-order valence-corrected chi connectivity index (χ4v) is 4.08. The molecule has 0 bridgehead atoms. The van der Waals surface area contributed by atoms with Crippen LogP contribution in [-0.2, 0) is 0 Å². The molecule has 0 aliphatic rings. The summed E-state index contributed by atoms with van der Waals surface area (Å²) in [5.74, 6) is 2.74. The molecule has 3 aromatic heterocycles. The normalized spacial score (nSPS) is 12.1. The SMILES string of the molecule is CCN/C=C(/Nc1nc(C)nc2[nH]c3cc(-c4c(C)noc4C)c(OC)cc3c12)C(=N)C(C)C. The lowest BCUT2D eigenvalue weighted by Gasteiger charge is -2.16. The van der Waals surface area contributed by atoms with Crippen molar-refractivity contribution in [3.8, 4) is 16.9 Å². The smallest absolute Gasteiger partial charge is 0.144 e. The zero-order valence-electron chi connectivity index (χ0n) is 20.7. The number of aromatic amines is 1. The second-order valence-electron chi connectivity index (χ2n) is 8.57. The highest BCUT2D eigenvalue weighted by atomic mass is 16.5. The van der Waals surface area contributed by atoms with Crippen molar-refractivity contribution in [1.29, 1.82) is 5.41 Å². The van der Waals surface area contributed by atoms with E-state index in [0.717, 1.165) is 45.4 Å². The summed E-state index contributed by atoms with van der Waals surface area (Å²) in [6.07, 6.45) is 1.83. The molecule has 0 spiro atoms. The maximum absolute atomic E-state index is 8.57. The Balaban J connectivity index is 1.94. The van der Waals surface area contributed by atoms with Crippen LogP contribution < -0.4 is 15.4 Å². The van der Waals surface area contributed by atoms with Crippen molar-refractivity contribution in [2.45, 2.75) is 41.5 Å². The molecule has 0 fully saturated rings. The van der Waals surface area contributed by atoms with E-state index in [0.29, 0.717) is 34.4 Å². The number of aromatic nitrogens is 4. The number of anilines is 1. The molecule has 0 radical (unpaired) electrons. The topological polar surface area (TPSA) is 125 Å². The molecule has 0 atom stereocenters. The van der Waals surface area contributed by atoms with E-state index in [1.165, 1.54) is 0 Å². The predicted molar refractivity (Wildman–Crippen MR) is 136 cm³/mol. The molecule has 0 saturated heterocycles. The number of benzene rings is 1. The minimum Gasteiger partial charge on any atom is -0.496 e. The van der Waals surface area contributed by atoms with Gasteiger partial charge in [0.25, 0.3) is 0 Å². The number of methoxy groups -OCH3 is 1. The second kappa shape index (κ2) is 9.17. The molecule has 9 heteroatoms. The van der Waals surface area contributed by atoms with E-state index in [4.69, 9.17) is 19.7 Å². The van der Waals surface area contributed by atoms with Crippen LogP contribution in [0.3, 0.4) is 0 Å². The highest BCUT2D eigenvalue weighted by Gasteiger charge is 2.21. The van der Waals surface area contributed by atoms with Crippen LogP contribution in [0, 0.1) is 32.1 Å². The molecule has 0 unspecified atom stereocenters. The van der Waals surface area contributed by atoms with Crippen molar-refractivity contribution in [2.24, 2.45) is 5.92 Å². The van der Waals surface area contributed by atoms with Crippen LogP contribution >= 0.6 is 0 Å². The van der Waals surface area contributed by atoms with E-state index in [1.54, 1.807) is 7.11 Å². The molecule has 0 saturated carbocycles. The molecule has 3 heterocycles. The Bertz CT molecular complexity index is 1390. The number of rotatable bonds is 8. The Morgan fingerprint density at radius 1 is 1.24 bits per heavy atom. The van der Waals surface area contributed by atoms with E-state index in [-0.39, 0.29) is 5.92 Å². The van der Waals surface area contributed by atoms with Crippen LogP contribution in [0.4, 0.5) is 5.82 Å². The van der Waals surface area contributed by atoms with Crippen molar-refractivity contribution in [3.05, 3.63) is 41.3 Å². The van der Waals surface area contributed by atoms with Crippen LogP contribution in [-0.4, -0.2) is 39.5 Å². The van der Waals surface area contributed by atoms with Gasteiger partial charge in [-0.3, -0.25) is 0 Å². The number of hydrogen-bond donors (Lipinski definition) is 4. The minimum absolute atomic E-state index is 0.0523. The lowest BCUT2D eigenvalue weighted by molar-refractivity contribution is 0.393. The fourth-order valence-electron chi connectivity index (χ4n) is 4.08. The first-order valence-corrected chi connectivity index (χ1v) is 11.4. The number of nitrogens with one attached hydrogen (secondary N) is 4. The van der Waals surface area contributed by atoms with E-state index < -0.39 is 0 Å². The van der Waals surface area contributed by atoms with Gasteiger partial charge in [-0.25, -0.2) is 9.97 Å². The van der Waals surface area contributed by atoms with Crippen molar-refractivity contribution < 1.29 is 9.26 Å². The molecule has 9 nitrogen and oxygen atoms in total. The number of allylic oxidation sites excluding steroid dienone is 1. The quantitative estimate of drug-likeness (QED) is 0.265. The number of hydrogen-bond acceptors (Lipinski definition) is 8. The Kier molecular flexibility index (Phi) is 6.28. The van der Waals surface area contributed by atoms with Gasteiger partial charge >= 0.3 is 0 Å². The van der Waals surface area contributed by atoms with Gasteiger partial charge in [-0.05, 0) is 45.7 Å². The molecule has 1 aromatic carbocycles. The van der Waals surface area contributed by atoms with Crippen molar-refractivity contribution in [1.82, 2.24) is 25.4 Å². The van der Waals surface area contributed by atoms with E-state index in [9.17, 15) is 0 Å². The molecule has 34 heavy (non-hydrogen) atoms. The second-order valence-corrected chi connectivity index (χ2v) is 8.57. The summed E-state index contributed by atoms with van der Waals surface area (Å²) in [6, 6.07) is 4.02. The molecule has 0 aliphatic heterocycles. The Morgan fingerprint density at radius 3 is 2.62 bits per heavy atom. The van der Waals surface area contributed by atoms with Crippen molar-refractivity contribution >= 4 is 33.5 Å². The molecule has 178 valence electrons. The lowest BCUT2D eigenvalue weighted by atomic mass is 10.0. The highest BCUT2D eigenvalue weighted by Crippen LogP contribution is 2.40. The van der Waals surface area contributed by atoms with Gasteiger partial charge in [0, 0.05) is 29.2 Å². The summed E-state index contributed by atoms with van der Waals surface area (Å²) in [6.45, 7) is 12.4. The average Bonchev–Trinajstić information content (AvgIpc) is 3.32. The van der Waals surface area contributed by atoms with Crippen LogP contribution in [0.2, 0.25) is 0 Å². The molecular formula is C25H31N7O2. The molecule has 0 aliphatic carbocycles. The van der Waals surface area contributed by atoms with Crippen LogP contribution in [0.25, 0.3) is 33.1 Å². The summed E-state index contributed by atoms with van der Waals surface area (Å²) in [4.78, 5) is 12.8. The number of ether oxygens (including phenoxy) is 1. The summed E-state index contributed by atoms with van der Waals surface area (Å²) < 4.78 is 11.2. The van der Waals surface area contributed by atoms with Gasteiger partial charge < -0.3 is 30.3 Å². The third kappa shape index (κ3) is 4.09. The number of H-pyrrole nitrogens is 1. The molecule has 4 aromatic rings. The van der Waals surface area contributed by atoms with Crippen LogP contribution in [0.15, 0.2) is 28.6 Å². The molecule has 4 rings (SSSR count). The predicted octanol–water partition coefficient (Wildman–Crippen LogP) is 5.24. The van der Waals surface area contributed by atoms with E-state index in [2.05, 4.69) is 25.8 Å². The van der Waals surface area contributed by atoms with Gasteiger partial charge in [0.05, 0.1) is 35.2 Å². The highest BCUT2D eigenvalue weighted by molar-refractivity contribution is 6.14. The van der Waals surface area contributed by atoms with Gasteiger partial charge in [0.15, 0.2) is 0 Å². The fraction of sp³-hybridized carbons (Fsp3) is 0.360. The average molecular weight is 462 g/mol.